The minimum absolute atomic E-state index is 0.497. The van der Waals surface area contributed by atoms with Gasteiger partial charge in [0.05, 0.1) is 13.2 Å². The summed E-state index contributed by atoms with van der Waals surface area (Å²) in [5.41, 5.74) is 2.31. The molecule has 2 aromatic rings. The highest BCUT2D eigenvalue weighted by Gasteiger charge is 2.06. The molecule has 0 unspecified atom stereocenters. The zero-order valence-corrected chi connectivity index (χ0v) is 12.8. The lowest BCUT2D eigenvalue weighted by Gasteiger charge is -2.03. The molecule has 0 spiro atoms. The molecule has 1 aromatic heterocycles. The first-order valence-corrected chi connectivity index (χ1v) is 7.03. The maximum Gasteiger partial charge on any atom is 0.130 e. The van der Waals surface area contributed by atoms with Gasteiger partial charge in [-0.2, -0.15) is 0 Å². The third-order valence-corrected chi connectivity index (χ3v) is 3.30. The zero-order chi connectivity index (χ0) is 13.7. The average molecular weight is 324 g/mol. The highest BCUT2D eigenvalue weighted by molar-refractivity contribution is 9.10. The van der Waals surface area contributed by atoms with Gasteiger partial charge in [0.15, 0.2) is 0 Å². The third-order valence-electron chi connectivity index (χ3n) is 2.81. The average Bonchev–Trinajstić information content (AvgIpc) is 2.71. The van der Waals surface area contributed by atoms with Crippen molar-refractivity contribution in [1.29, 1.82) is 0 Å². The van der Waals surface area contributed by atoms with E-state index >= 15 is 0 Å². The van der Waals surface area contributed by atoms with Crippen molar-refractivity contribution in [3.05, 3.63) is 57.5 Å². The molecule has 0 atom stereocenters. The van der Waals surface area contributed by atoms with Crippen LogP contribution < -0.4 is 5.32 Å². The van der Waals surface area contributed by atoms with Crippen molar-refractivity contribution in [2.45, 2.75) is 26.7 Å². The van der Waals surface area contributed by atoms with Gasteiger partial charge in [-0.1, -0.05) is 28.1 Å². The molecule has 2 rings (SSSR count). The first kappa shape index (κ1) is 14.3. The summed E-state index contributed by atoms with van der Waals surface area (Å²) in [6, 6.07) is 10.1. The minimum atomic E-state index is 0.497. The maximum absolute atomic E-state index is 5.72. The van der Waals surface area contributed by atoms with E-state index in [-0.39, 0.29) is 0 Å². The molecule has 19 heavy (non-hydrogen) atoms. The molecule has 3 nitrogen and oxygen atoms in total. The van der Waals surface area contributed by atoms with Gasteiger partial charge in [-0.3, -0.25) is 0 Å². The van der Waals surface area contributed by atoms with Crippen molar-refractivity contribution in [3.63, 3.8) is 0 Å². The Morgan fingerprint density at radius 1 is 1.26 bits per heavy atom. The molecule has 0 aliphatic carbocycles. The van der Waals surface area contributed by atoms with E-state index < -0.39 is 0 Å². The van der Waals surface area contributed by atoms with Gasteiger partial charge in [0, 0.05) is 4.47 Å². The predicted octanol–water partition coefficient (Wildman–Crippen LogP) is 3.79. The fourth-order valence-electron chi connectivity index (χ4n) is 1.89. The van der Waals surface area contributed by atoms with Crippen molar-refractivity contribution in [2.24, 2.45) is 0 Å². The largest absolute Gasteiger partial charge is 0.462 e. The van der Waals surface area contributed by atoms with Crippen LogP contribution in [0, 0.1) is 6.92 Å². The molecule has 0 amide bonds. The molecule has 0 saturated heterocycles. The first-order chi connectivity index (χ1) is 9.19. The van der Waals surface area contributed by atoms with Crippen LogP contribution in [-0.2, 0) is 24.5 Å². The molecule has 4 heteroatoms. The SMILES string of the molecule is CNCc1oc(COCc2cccc(Br)c2)cc1C. The summed E-state index contributed by atoms with van der Waals surface area (Å²) in [7, 11) is 1.91. The van der Waals surface area contributed by atoms with Crippen molar-refractivity contribution in [1.82, 2.24) is 5.32 Å². The van der Waals surface area contributed by atoms with E-state index in [2.05, 4.69) is 27.3 Å². The number of nitrogens with one attached hydrogen (secondary N) is 1. The van der Waals surface area contributed by atoms with E-state index in [1.165, 1.54) is 0 Å². The Morgan fingerprint density at radius 3 is 2.84 bits per heavy atom. The summed E-state index contributed by atoms with van der Waals surface area (Å²) in [6.07, 6.45) is 0. The van der Waals surface area contributed by atoms with E-state index in [9.17, 15) is 0 Å². The molecule has 0 aliphatic rings. The number of aryl methyl sites for hydroxylation is 1. The molecule has 0 fully saturated rings. The fraction of sp³-hybridized carbons (Fsp3) is 0.333. The first-order valence-electron chi connectivity index (χ1n) is 6.24. The number of ether oxygens (including phenoxy) is 1. The number of hydrogen-bond donors (Lipinski definition) is 1. The van der Waals surface area contributed by atoms with Crippen LogP contribution in [0.3, 0.4) is 0 Å². The van der Waals surface area contributed by atoms with Gasteiger partial charge in [0.1, 0.15) is 18.1 Å². The highest BCUT2D eigenvalue weighted by atomic mass is 79.9. The van der Waals surface area contributed by atoms with Gasteiger partial charge < -0.3 is 14.5 Å². The van der Waals surface area contributed by atoms with Crippen LogP contribution in [-0.4, -0.2) is 7.05 Å². The number of rotatable bonds is 6. The quantitative estimate of drug-likeness (QED) is 0.878. The van der Waals surface area contributed by atoms with Crippen LogP contribution in [0.5, 0.6) is 0 Å². The van der Waals surface area contributed by atoms with E-state index in [1.54, 1.807) is 0 Å². The van der Waals surface area contributed by atoms with Crippen LogP contribution in [0.25, 0.3) is 0 Å². The van der Waals surface area contributed by atoms with Gasteiger partial charge in [-0.05, 0) is 43.3 Å². The van der Waals surface area contributed by atoms with Crippen LogP contribution >= 0.6 is 15.9 Å². The summed E-state index contributed by atoms with van der Waals surface area (Å²) in [6.45, 7) is 3.88. The Morgan fingerprint density at radius 2 is 2.11 bits per heavy atom. The Labute approximate surface area is 122 Å². The molecule has 1 heterocycles. The fourth-order valence-corrected chi connectivity index (χ4v) is 2.34. The van der Waals surface area contributed by atoms with Crippen molar-refractivity contribution in [3.8, 4) is 0 Å². The third kappa shape index (κ3) is 4.20. The smallest absolute Gasteiger partial charge is 0.130 e. The lowest BCUT2D eigenvalue weighted by atomic mass is 10.2. The van der Waals surface area contributed by atoms with E-state index in [0.717, 1.165) is 33.7 Å². The van der Waals surface area contributed by atoms with E-state index in [0.29, 0.717) is 13.2 Å². The normalized spacial score (nSPS) is 10.9. The standard InChI is InChI=1S/C15H18BrNO2/c1-11-6-14(19-15(11)8-17-2)10-18-9-12-4-3-5-13(16)7-12/h3-7,17H,8-10H2,1-2H3. The molecule has 0 radical (unpaired) electrons. The number of halogens is 1. The summed E-state index contributed by atoms with van der Waals surface area (Å²) in [4.78, 5) is 0. The maximum atomic E-state index is 5.72. The second-order valence-corrected chi connectivity index (χ2v) is 5.39. The Hall–Kier alpha value is -1.10. The molecule has 1 aromatic carbocycles. The van der Waals surface area contributed by atoms with Gasteiger partial charge >= 0.3 is 0 Å². The minimum Gasteiger partial charge on any atom is -0.462 e. The van der Waals surface area contributed by atoms with Gasteiger partial charge in [0.25, 0.3) is 0 Å². The highest BCUT2D eigenvalue weighted by Crippen LogP contribution is 2.17. The van der Waals surface area contributed by atoms with E-state index in [1.807, 2.05) is 38.2 Å². The Bertz CT molecular complexity index is 537. The molecule has 0 saturated carbocycles. The number of benzene rings is 1. The lowest BCUT2D eigenvalue weighted by Crippen LogP contribution is -2.04. The molecule has 0 bridgehead atoms. The van der Waals surface area contributed by atoms with Crippen molar-refractivity contribution < 1.29 is 9.15 Å². The summed E-state index contributed by atoms with van der Waals surface area (Å²) >= 11 is 3.45. The van der Waals surface area contributed by atoms with Gasteiger partial charge in [-0.25, -0.2) is 0 Å². The Kier molecular flexibility index (Phi) is 5.19. The van der Waals surface area contributed by atoms with Crippen molar-refractivity contribution >= 4 is 15.9 Å². The number of hydrogen-bond acceptors (Lipinski definition) is 3. The predicted molar refractivity (Wildman–Crippen MR) is 78.8 cm³/mol. The second-order valence-electron chi connectivity index (χ2n) is 4.47. The van der Waals surface area contributed by atoms with Crippen molar-refractivity contribution in [2.75, 3.05) is 7.05 Å². The van der Waals surface area contributed by atoms with Crippen LogP contribution in [0.4, 0.5) is 0 Å². The summed E-state index contributed by atoms with van der Waals surface area (Å²) in [5.74, 6) is 1.85. The van der Waals surface area contributed by atoms with Gasteiger partial charge in [0.2, 0.25) is 0 Å². The molecule has 102 valence electrons. The van der Waals surface area contributed by atoms with Crippen LogP contribution in [0.1, 0.15) is 22.6 Å². The Balaban J connectivity index is 1.87. The molecule has 0 aliphatic heterocycles. The molecule has 1 N–H and O–H groups in total. The zero-order valence-electron chi connectivity index (χ0n) is 11.2. The van der Waals surface area contributed by atoms with E-state index in [4.69, 9.17) is 9.15 Å². The summed E-state index contributed by atoms with van der Waals surface area (Å²) in [5, 5.41) is 3.09. The summed E-state index contributed by atoms with van der Waals surface area (Å²) < 4.78 is 12.5. The monoisotopic (exact) mass is 323 g/mol. The molecular weight excluding hydrogens is 306 g/mol. The number of furan rings is 1. The topological polar surface area (TPSA) is 34.4 Å². The van der Waals surface area contributed by atoms with Crippen LogP contribution in [0.15, 0.2) is 39.2 Å². The lowest BCUT2D eigenvalue weighted by molar-refractivity contribution is 0.0920. The molecular formula is C15H18BrNO2. The van der Waals surface area contributed by atoms with Crippen LogP contribution in [0.2, 0.25) is 0 Å². The van der Waals surface area contributed by atoms with Gasteiger partial charge in [-0.15, -0.1) is 0 Å². The second kappa shape index (κ2) is 6.89.